The zero-order valence-electron chi connectivity index (χ0n) is 18.5. The largest absolute Gasteiger partial charge is 0.489 e. The second-order valence-electron chi connectivity index (χ2n) is 8.21. The van der Waals surface area contributed by atoms with Gasteiger partial charge in [-0.05, 0) is 44.0 Å². The zero-order valence-corrected chi connectivity index (χ0v) is 18.5. The van der Waals surface area contributed by atoms with Crippen LogP contribution in [0, 0.1) is 0 Å². The van der Waals surface area contributed by atoms with Crippen LogP contribution < -0.4 is 10.1 Å². The van der Waals surface area contributed by atoms with Crippen LogP contribution in [0.2, 0.25) is 0 Å². The van der Waals surface area contributed by atoms with Crippen molar-refractivity contribution in [1.82, 2.24) is 0 Å². The molecule has 0 bridgehead atoms. The molecule has 1 N–H and O–H groups in total. The average Bonchev–Trinajstić information content (AvgIpc) is 2.76. The molecule has 166 valence electrons. The minimum absolute atomic E-state index is 0.142. The van der Waals surface area contributed by atoms with Crippen LogP contribution in [0.15, 0.2) is 78.9 Å². The fourth-order valence-electron chi connectivity index (χ4n) is 2.84. The monoisotopic (exact) mass is 433 g/mol. The van der Waals surface area contributed by atoms with E-state index >= 15 is 0 Å². The summed E-state index contributed by atoms with van der Waals surface area (Å²) in [6, 6.07) is 23.8. The van der Waals surface area contributed by atoms with Crippen molar-refractivity contribution < 1.29 is 23.8 Å². The van der Waals surface area contributed by atoms with Gasteiger partial charge in [0, 0.05) is 11.8 Å². The summed E-state index contributed by atoms with van der Waals surface area (Å²) in [7, 11) is 0. The molecule has 0 aromatic heterocycles. The van der Waals surface area contributed by atoms with Gasteiger partial charge >= 0.3 is 12.1 Å². The summed E-state index contributed by atoms with van der Waals surface area (Å²) in [4.78, 5) is 24.9. The first-order valence-corrected chi connectivity index (χ1v) is 10.3. The van der Waals surface area contributed by atoms with Gasteiger partial charge < -0.3 is 14.2 Å². The Labute approximate surface area is 188 Å². The predicted molar refractivity (Wildman–Crippen MR) is 123 cm³/mol. The number of anilines is 1. The molecule has 0 radical (unpaired) electrons. The Morgan fingerprint density at radius 3 is 2.00 bits per heavy atom. The molecule has 0 atom stereocenters. The first-order valence-electron chi connectivity index (χ1n) is 10.3. The van der Waals surface area contributed by atoms with Gasteiger partial charge in [-0.15, -0.1) is 0 Å². The molecule has 3 rings (SSSR count). The number of rotatable bonds is 7. The van der Waals surface area contributed by atoms with E-state index in [0.717, 1.165) is 11.1 Å². The van der Waals surface area contributed by atoms with Gasteiger partial charge in [-0.25, -0.2) is 9.59 Å². The van der Waals surface area contributed by atoms with Gasteiger partial charge in [0.1, 0.15) is 24.6 Å². The van der Waals surface area contributed by atoms with Crippen molar-refractivity contribution >= 4 is 17.7 Å². The van der Waals surface area contributed by atoms with Gasteiger partial charge in [0.2, 0.25) is 0 Å². The van der Waals surface area contributed by atoms with E-state index in [-0.39, 0.29) is 12.2 Å². The maximum absolute atomic E-state index is 12.7. The van der Waals surface area contributed by atoms with Crippen LogP contribution in [-0.2, 0) is 22.7 Å². The molecule has 0 spiro atoms. The van der Waals surface area contributed by atoms with Gasteiger partial charge in [-0.1, -0.05) is 60.7 Å². The number of hydrogen-bond acceptors (Lipinski definition) is 5. The summed E-state index contributed by atoms with van der Waals surface area (Å²) in [6.07, 6.45) is -0.624. The second-order valence-corrected chi connectivity index (χ2v) is 8.21. The Morgan fingerprint density at radius 2 is 1.41 bits per heavy atom. The van der Waals surface area contributed by atoms with Crippen molar-refractivity contribution in [1.29, 1.82) is 0 Å². The molecule has 6 nitrogen and oxygen atoms in total. The van der Waals surface area contributed by atoms with Crippen LogP contribution in [0.5, 0.6) is 5.75 Å². The first-order chi connectivity index (χ1) is 15.3. The van der Waals surface area contributed by atoms with E-state index in [1.54, 1.807) is 32.9 Å². The van der Waals surface area contributed by atoms with E-state index in [1.165, 1.54) is 6.07 Å². The van der Waals surface area contributed by atoms with Crippen molar-refractivity contribution in [3.8, 4) is 5.75 Å². The zero-order chi connectivity index (χ0) is 23.0. The molecule has 6 heteroatoms. The van der Waals surface area contributed by atoms with Gasteiger partial charge in [0.25, 0.3) is 0 Å². The minimum atomic E-state index is -0.650. The van der Waals surface area contributed by atoms with E-state index in [0.29, 0.717) is 18.0 Å². The molecule has 32 heavy (non-hydrogen) atoms. The van der Waals surface area contributed by atoms with Crippen LogP contribution in [0.1, 0.15) is 42.3 Å². The SMILES string of the molecule is CC(C)(C)OC(=O)Nc1cc(OCc2ccccc2)cc(C(=O)OCc2ccccc2)c1. The number of carbonyl (C=O) groups excluding carboxylic acids is 2. The highest BCUT2D eigenvalue weighted by molar-refractivity contribution is 5.93. The van der Waals surface area contributed by atoms with Gasteiger partial charge in [0.05, 0.1) is 5.56 Å². The fraction of sp³-hybridized carbons (Fsp3) is 0.231. The molecule has 0 fully saturated rings. The quantitative estimate of drug-likeness (QED) is 0.465. The molecule has 0 aliphatic rings. The van der Waals surface area contributed by atoms with E-state index < -0.39 is 17.7 Å². The normalized spacial score (nSPS) is 10.8. The third-order valence-corrected chi connectivity index (χ3v) is 4.25. The van der Waals surface area contributed by atoms with Crippen molar-refractivity contribution in [2.24, 2.45) is 0 Å². The molecule has 0 aliphatic carbocycles. The van der Waals surface area contributed by atoms with Gasteiger partial charge in [-0.2, -0.15) is 0 Å². The summed E-state index contributed by atoms with van der Waals surface area (Å²) in [5.41, 5.74) is 1.84. The third-order valence-electron chi connectivity index (χ3n) is 4.25. The first kappa shape index (κ1) is 22.9. The number of esters is 1. The number of ether oxygens (including phenoxy) is 3. The molecule has 0 saturated heterocycles. The Bertz CT molecular complexity index is 1040. The number of carbonyl (C=O) groups is 2. The maximum atomic E-state index is 12.7. The molecule has 1 amide bonds. The second kappa shape index (κ2) is 10.5. The summed E-state index contributed by atoms with van der Waals surface area (Å²) in [5.74, 6) is -0.0969. The number of amides is 1. The van der Waals surface area contributed by atoms with Crippen LogP contribution >= 0.6 is 0 Å². The van der Waals surface area contributed by atoms with Crippen LogP contribution in [-0.4, -0.2) is 17.7 Å². The van der Waals surface area contributed by atoms with E-state index in [4.69, 9.17) is 14.2 Å². The van der Waals surface area contributed by atoms with Crippen molar-refractivity contribution in [3.05, 3.63) is 95.6 Å². The highest BCUT2D eigenvalue weighted by Crippen LogP contribution is 2.24. The Hall–Kier alpha value is -3.80. The number of nitrogens with one attached hydrogen (secondary N) is 1. The fourth-order valence-corrected chi connectivity index (χ4v) is 2.84. The number of benzene rings is 3. The molecule has 0 heterocycles. The lowest BCUT2D eigenvalue weighted by Crippen LogP contribution is -2.27. The molecule has 0 saturated carbocycles. The molecular weight excluding hydrogens is 406 g/mol. The third kappa shape index (κ3) is 7.47. The molecule has 3 aromatic rings. The molecule has 0 aliphatic heterocycles. The highest BCUT2D eigenvalue weighted by atomic mass is 16.6. The maximum Gasteiger partial charge on any atom is 0.412 e. The molecule has 3 aromatic carbocycles. The standard InChI is InChI=1S/C26H27NO5/c1-26(2,3)32-25(29)27-22-14-21(24(28)31-18-20-12-8-5-9-13-20)15-23(16-22)30-17-19-10-6-4-7-11-19/h4-16H,17-18H2,1-3H3,(H,27,29). The van der Waals surface area contributed by atoms with Crippen LogP contribution in [0.4, 0.5) is 10.5 Å². The van der Waals surface area contributed by atoms with E-state index in [2.05, 4.69) is 5.32 Å². The number of hydrogen-bond donors (Lipinski definition) is 1. The van der Waals surface area contributed by atoms with Gasteiger partial charge in [-0.3, -0.25) is 5.32 Å². The van der Waals surface area contributed by atoms with E-state index in [1.807, 2.05) is 60.7 Å². The van der Waals surface area contributed by atoms with Crippen LogP contribution in [0.3, 0.4) is 0 Å². The Morgan fingerprint density at radius 1 is 0.812 bits per heavy atom. The minimum Gasteiger partial charge on any atom is -0.489 e. The Kier molecular flexibility index (Phi) is 7.49. The average molecular weight is 434 g/mol. The Balaban J connectivity index is 1.77. The lowest BCUT2D eigenvalue weighted by molar-refractivity contribution is 0.0471. The summed E-state index contributed by atoms with van der Waals surface area (Å²) >= 11 is 0. The summed E-state index contributed by atoms with van der Waals surface area (Å²) in [5, 5.41) is 2.66. The lowest BCUT2D eigenvalue weighted by atomic mass is 10.1. The van der Waals surface area contributed by atoms with Crippen LogP contribution in [0.25, 0.3) is 0 Å². The topological polar surface area (TPSA) is 73.9 Å². The lowest BCUT2D eigenvalue weighted by Gasteiger charge is -2.20. The van der Waals surface area contributed by atoms with Crippen molar-refractivity contribution in [2.45, 2.75) is 39.6 Å². The van der Waals surface area contributed by atoms with Crippen molar-refractivity contribution in [3.63, 3.8) is 0 Å². The van der Waals surface area contributed by atoms with Crippen molar-refractivity contribution in [2.75, 3.05) is 5.32 Å². The smallest absolute Gasteiger partial charge is 0.412 e. The summed E-state index contributed by atoms with van der Waals surface area (Å²) < 4.78 is 16.6. The highest BCUT2D eigenvalue weighted by Gasteiger charge is 2.18. The van der Waals surface area contributed by atoms with E-state index in [9.17, 15) is 9.59 Å². The summed E-state index contributed by atoms with van der Waals surface area (Å²) in [6.45, 7) is 5.79. The molecule has 0 unspecified atom stereocenters. The molecular formula is C26H27NO5. The predicted octanol–water partition coefficient (Wildman–Crippen LogP) is 5.97. The van der Waals surface area contributed by atoms with Gasteiger partial charge in [0.15, 0.2) is 0 Å².